The predicted molar refractivity (Wildman–Crippen MR) is 33.0 cm³/mol. The molecule has 0 aliphatic carbocycles. The molecule has 0 aliphatic rings. The first-order valence-electron chi connectivity index (χ1n) is 2.54. The molecule has 0 aromatic rings. The van der Waals surface area contributed by atoms with Crippen LogP contribution in [0.5, 0.6) is 0 Å². The van der Waals surface area contributed by atoms with Gasteiger partial charge in [0.2, 0.25) is 0 Å². The largest absolute Gasteiger partial charge is 0.512 e. The summed E-state index contributed by atoms with van der Waals surface area (Å²) >= 11 is 0. The van der Waals surface area contributed by atoms with Gasteiger partial charge in [0.05, 0.1) is 18.4 Å². The summed E-state index contributed by atoms with van der Waals surface area (Å²) in [5, 5.41) is 8.70. The van der Waals surface area contributed by atoms with Gasteiger partial charge in [-0.3, -0.25) is 0 Å². The summed E-state index contributed by atoms with van der Waals surface area (Å²) in [7, 11) is 1.27. The van der Waals surface area contributed by atoms with Gasteiger partial charge in [-0.2, -0.15) is 0 Å². The van der Waals surface area contributed by atoms with Crippen LogP contribution >= 0.6 is 0 Å². The molecular weight excluding hydrogens is 304 g/mol. The third-order valence-electron chi connectivity index (χ3n) is 1.03. The van der Waals surface area contributed by atoms with Crippen molar-refractivity contribution >= 4 is 5.97 Å². The van der Waals surface area contributed by atoms with Crippen molar-refractivity contribution in [3.05, 3.63) is 11.3 Å². The second kappa shape index (κ2) is 5.48. The van der Waals surface area contributed by atoms with E-state index in [2.05, 4.69) is 4.74 Å². The van der Waals surface area contributed by atoms with Crippen molar-refractivity contribution in [2.24, 2.45) is 0 Å². The third kappa shape index (κ3) is 3.67. The molecule has 0 unspecified atom stereocenters. The molecule has 4 heteroatoms. The summed E-state index contributed by atoms with van der Waals surface area (Å²) in [6.45, 7) is 2.94. The van der Waals surface area contributed by atoms with E-state index in [0.717, 1.165) is 0 Å². The summed E-state index contributed by atoms with van der Waals surface area (Å²) in [4.78, 5) is 10.5. The third-order valence-corrected chi connectivity index (χ3v) is 1.03. The monoisotopic (exact) mass is 314 g/mol. The summed E-state index contributed by atoms with van der Waals surface area (Å²) in [6.07, 6.45) is 0. The van der Waals surface area contributed by atoms with Gasteiger partial charge in [0.1, 0.15) is 0 Å². The van der Waals surface area contributed by atoms with Crippen molar-refractivity contribution in [1.29, 1.82) is 0 Å². The number of methoxy groups -OCH3 is 1. The van der Waals surface area contributed by atoms with Gasteiger partial charge in [-0.15, -0.1) is 0 Å². The minimum atomic E-state index is -0.491. The maximum absolute atomic E-state index is 10.5. The Morgan fingerprint density at radius 3 is 1.90 bits per heavy atom. The van der Waals surface area contributed by atoms with Crippen LogP contribution in [0.2, 0.25) is 0 Å². The molecule has 3 nitrogen and oxygen atoms in total. The first-order valence-corrected chi connectivity index (χ1v) is 2.54. The second-order valence-electron chi connectivity index (χ2n) is 1.70. The minimum Gasteiger partial charge on any atom is -0.512 e. The quantitative estimate of drug-likeness (QED) is 0.446. The Hall–Kier alpha value is -0.302. The molecule has 0 saturated heterocycles. The van der Waals surface area contributed by atoms with Gasteiger partial charge in [0, 0.05) is 21.1 Å². The van der Waals surface area contributed by atoms with Crippen molar-refractivity contribution in [2.45, 2.75) is 13.8 Å². The zero-order valence-electron chi connectivity index (χ0n) is 6.17. The number of carbonyl (C=O) groups excluding carboxylic acids is 1. The fourth-order valence-electron chi connectivity index (χ4n) is 0.301. The number of rotatable bonds is 1. The molecule has 0 bridgehead atoms. The van der Waals surface area contributed by atoms with Gasteiger partial charge in [0.15, 0.2) is 0 Å². The van der Waals surface area contributed by atoms with Crippen molar-refractivity contribution in [3.63, 3.8) is 0 Å². The van der Waals surface area contributed by atoms with Crippen LogP contribution in [-0.4, -0.2) is 18.2 Å². The molecule has 0 amide bonds. The fourth-order valence-corrected chi connectivity index (χ4v) is 0.301. The van der Waals surface area contributed by atoms with E-state index >= 15 is 0 Å². The van der Waals surface area contributed by atoms with Gasteiger partial charge in [-0.1, -0.05) is 0 Å². The Kier molecular flexibility index (Phi) is 6.79. The fraction of sp³-hybridized carbons (Fsp3) is 0.500. The van der Waals surface area contributed by atoms with Crippen LogP contribution in [0.1, 0.15) is 13.8 Å². The van der Waals surface area contributed by atoms with Gasteiger partial charge in [-0.05, 0) is 13.8 Å². The molecule has 0 rings (SSSR count). The molecule has 0 saturated carbocycles. The number of carbonyl (C=O) groups is 1. The number of aliphatic hydroxyl groups is 1. The minimum absolute atomic E-state index is 0. The molecule has 0 aliphatic heterocycles. The first kappa shape index (κ1) is 12.4. The molecule has 10 heavy (non-hydrogen) atoms. The van der Waals surface area contributed by atoms with E-state index in [1.807, 2.05) is 0 Å². The zero-order valence-corrected chi connectivity index (χ0v) is 9.11. The van der Waals surface area contributed by atoms with Crippen LogP contribution in [0.4, 0.5) is 0 Å². The van der Waals surface area contributed by atoms with Gasteiger partial charge >= 0.3 is 5.97 Å². The van der Waals surface area contributed by atoms with E-state index in [9.17, 15) is 4.79 Å². The number of hydrogen-bond donors (Lipinski definition) is 1. The van der Waals surface area contributed by atoms with Crippen molar-refractivity contribution in [3.8, 4) is 0 Å². The van der Waals surface area contributed by atoms with Crippen LogP contribution in [0, 0.1) is 0 Å². The summed E-state index contributed by atoms with van der Waals surface area (Å²) in [6, 6.07) is 0. The standard InChI is InChI=1S/C6H10O3.W/c1-4(5(2)7)6(8)9-3;/h7H,1-3H3;/b5-4-;. The van der Waals surface area contributed by atoms with Gasteiger partial charge in [0.25, 0.3) is 0 Å². The van der Waals surface area contributed by atoms with Crippen molar-refractivity contribution < 1.29 is 35.7 Å². The molecule has 58 valence electrons. The van der Waals surface area contributed by atoms with Gasteiger partial charge < -0.3 is 9.84 Å². The summed E-state index contributed by atoms with van der Waals surface area (Å²) in [5.41, 5.74) is 0.248. The second-order valence-corrected chi connectivity index (χ2v) is 1.70. The van der Waals surface area contributed by atoms with Crippen LogP contribution in [-0.2, 0) is 30.6 Å². The van der Waals surface area contributed by atoms with E-state index < -0.39 is 5.97 Å². The topological polar surface area (TPSA) is 46.5 Å². The molecule has 0 atom stereocenters. The van der Waals surface area contributed by atoms with E-state index in [1.165, 1.54) is 21.0 Å². The smallest absolute Gasteiger partial charge is 0.336 e. The molecule has 0 aromatic heterocycles. The average Bonchev–Trinajstić information content (AvgIpc) is 1.84. The zero-order chi connectivity index (χ0) is 7.44. The number of aliphatic hydroxyl groups excluding tert-OH is 1. The molecular formula is C6H10O3W. The first-order chi connectivity index (χ1) is 4.09. The average molecular weight is 314 g/mol. The number of allylic oxidation sites excluding steroid dienone is 1. The number of hydrogen-bond acceptors (Lipinski definition) is 3. The Morgan fingerprint density at radius 2 is 1.80 bits per heavy atom. The van der Waals surface area contributed by atoms with E-state index in [4.69, 9.17) is 5.11 Å². The van der Waals surface area contributed by atoms with Crippen molar-refractivity contribution in [1.82, 2.24) is 0 Å². The van der Waals surface area contributed by atoms with Crippen LogP contribution in [0.15, 0.2) is 11.3 Å². The number of esters is 1. The van der Waals surface area contributed by atoms with E-state index in [1.54, 1.807) is 0 Å². The summed E-state index contributed by atoms with van der Waals surface area (Å²) < 4.78 is 4.32. The van der Waals surface area contributed by atoms with Crippen LogP contribution < -0.4 is 0 Å². The maximum atomic E-state index is 10.5. The van der Waals surface area contributed by atoms with Crippen LogP contribution in [0.3, 0.4) is 0 Å². The van der Waals surface area contributed by atoms with E-state index in [0.29, 0.717) is 0 Å². The molecule has 0 heterocycles. The number of ether oxygens (including phenoxy) is 1. The van der Waals surface area contributed by atoms with Crippen LogP contribution in [0.25, 0.3) is 0 Å². The molecule has 0 aromatic carbocycles. The normalized spacial score (nSPS) is 11.1. The molecule has 0 spiro atoms. The summed E-state index contributed by atoms with van der Waals surface area (Å²) in [5.74, 6) is -0.489. The molecule has 0 radical (unpaired) electrons. The van der Waals surface area contributed by atoms with Crippen molar-refractivity contribution in [2.75, 3.05) is 7.11 Å². The maximum Gasteiger partial charge on any atom is 0.336 e. The van der Waals surface area contributed by atoms with Gasteiger partial charge in [-0.25, -0.2) is 4.79 Å². The Morgan fingerprint density at radius 1 is 1.40 bits per heavy atom. The molecule has 0 fully saturated rings. The molecule has 1 N–H and O–H groups in total. The van der Waals surface area contributed by atoms with E-state index in [-0.39, 0.29) is 32.4 Å². The predicted octanol–water partition coefficient (Wildman–Crippen LogP) is 1.01. The Labute approximate surface area is 74.3 Å². The SMILES string of the molecule is COC(=O)/C(C)=C(/C)O.[W]. The Balaban J connectivity index is 0. The Bertz CT molecular complexity index is 147.